The topological polar surface area (TPSA) is 99.8 Å². The summed E-state index contributed by atoms with van der Waals surface area (Å²) in [5.74, 6) is -0.785. The van der Waals surface area contributed by atoms with Crippen molar-refractivity contribution in [1.82, 2.24) is 20.9 Å². The summed E-state index contributed by atoms with van der Waals surface area (Å²) in [6, 6.07) is 5.27. The molecule has 8 nitrogen and oxygen atoms in total. The van der Waals surface area contributed by atoms with Crippen molar-refractivity contribution in [2.24, 2.45) is 5.41 Å². The largest absolute Gasteiger partial charge is 0.379 e. The predicted octanol–water partition coefficient (Wildman–Crippen LogP) is 0.163. The summed E-state index contributed by atoms with van der Waals surface area (Å²) >= 11 is 0. The third-order valence-electron chi connectivity index (χ3n) is 5.89. The van der Waals surface area contributed by atoms with Crippen molar-refractivity contribution < 1.29 is 19.1 Å². The van der Waals surface area contributed by atoms with Gasteiger partial charge in [-0.3, -0.25) is 19.7 Å². The summed E-state index contributed by atoms with van der Waals surface area (Å²) < 4.78 is 5.67. The van der Waals surface area contributed by atoms with E-state index in [0.29, 0.717) is 25.1 Å². The molecule has 8 heteroatoms. The number of carbonyl (C=O) groups is 3. The van der Waals surface area contributed by atoms with Crippen molar-refractivity contribution in [3.8, 4) is 0 Å². The zero-order valence-corrected chi connectivity index (χ0v) is 16.8. The molecule has 0 radical (unpaired) electrons. The first kappa shape index (κ1) is 20.0. The average molecular weight is 400 g/mol. The second-order valence-corrected chi connectivity index (χ2v) is 8.54. The normalized spacial score (nSPS) is 27.6. The number of hydrogen-bond acceptors (Lipinski definition) is 6. The minimum atomic E-state index is -0.572. The van der Waals surface area contributed by atoms with Crippen molar-refractivity contribution in [2.45, 2.75) is 38.9 Å². The molecule has 1 aromatic carbocycles. The molecule has 29 heavy (non-hydrogen) atoms. The maximum atomic E-state index is 12.8. The fraction of sp³-hybridized carbons (Fsp3) is 0.571. The molecule has 2 fully saturated rings. The third kappa shape index (κ3) is 4.34. The Bertz CT molecular complexity index is 817. The van der Waals surface area contributed by atoms with Crippen molar-refractivity contribution in [3.05, 3.63) is 34.9 Å². The van der Waals surface area contributed by atoms with Crippen molar-refractivity contribution in [3.63, 3.8) is 0 Å². The highest BCUT2D eigenvalue weighted by atomic mass is 16.5. The summed E-state index contributed by atoms with van der Waals surface area (Å²) in [6.45, 7) is 7.43. The summed E-state index contributed by atoms with van der Waals surface area (Å²) in [4.78, 5) is 37.9. The number of benzene rings is 1. The Morgan fingerprint density at radius 2 is 2.17 bits per heavy atom. The Morgan fingerprint density at radius 3 is 3.00 bits per heavy atom. The van der Waals surface area contributed by atoms with Gasteiger partial charge in [-0.2, -0.15) is 0 Å². The van der Waals surface area contributed by atoms with E-state index in [2.05, 4.69) is 22.9 Å². The van der Waals surface area contributed by atoms with E-state index in [1.165, 1.54) is 0 Å². The molecule has 0 aromatic heterocycles. The molecule has 156 valence electrons. The molecular weight excluding hydrogens is 372 g/mol. The SMILES string of the molecule is CC1(CNCc2ccc3c(c2)CN(C2CCC(=O)NC2=O)C3=O)CNCCOC1. The molecule has 0 aliphatic carbocycles. The summed E-state index contributed by atoms with van der Waals surface area (Å²) in [5, 5.41) is 9.25. The number of hydrogen-bond donors (Lipinski definition) is 3. The standard InChI is InChI=1S/C21H28N4O4/c1-21(11-22-6-7-29-13-21)12-23-9-14-2-3-16-15(8-14)10-25(20(16)28)17-4-5-18(26)24-19(17)27/h2-3,8,17,22-23H,4-7,9-13H2,1H3,(H,24,26,27). The van der Waals surface area contributed by atoms with Crippen LogP contribution in [0.2, 0.25) is 0 Å². The molecule has 0 saturated carbocycles. The molecule has 4 rings (SSSR count). The van der Waals surface area contributed by atoms with Gasteiger partial charge in [-0.25, -0.2) is 0 Å². The molecule has 0 bridgehead atoms. The monoisotopic (exact) mass is 400 g/mol. The number of nitrogens with one attached hydrogen (secondary N) is 3. The van der Waals surface area contributed by atoms with E-state index in [1.807, 2.05) is 18.2 Å². The van der Waals surface area contributed by atoms with E-state index in [1.54, 1.807) is 4.90 Å². The zero-order chi connectivity index (χ0) is 20.4. The Hall–Kier alpha value is -2.29. The lowest BCUT2D eigenvalue weighted by Gasteiger charge is -2.29. The second-order valence-electron chi connectivity index (χ2n) is 8.54. The molecule has 3 amide bonds. The van der Waals surface area contributed by atoms with E-state index in [9.17, 15) is 14.4 Å². The van der Waals surface area contributed by atoms with Crippen LogP contribution in [0.4, 0.5) is 0 Å². The van der Waals surface area contributed by atoms with Crippen molar-refractivity contribution in [1.29, 1.82) is 0 Å². The van der Waals surface area contributed by atoms with Crippen LogP contribution in [0.25, 0.3) is 0 Å². The van der Waals surface area contributed by atoms with E-state index < -0.39 is 6.04 Å². The molecule has 3 N–H and O–H groups in total. The first-order valence-corrected chi connectivity index (χ1v) is 10.2. The van der Waals surface area contributed by atoms with E-state index in [4.69, 9.17) is 4.74 Å². The van der Waals surface area contributed by atoms with Gasteiger partial charge in [0.15, 0.2) is 0 Å². The minimum Gasteiger partial charge on any atom is -0.379 e. The van der Waals surface area contributed by atoms with Crippen molar-refractivity contribution in [2.75, 3.05) is 32.8 Å². The maximum Gasteiger partial charge on any atom is 0.255 e. The van der Waals surface area contributed by atoms with Crippen LogP contribution in [-0.4, -0.2) is 61.5 Å². The smallest absolute Gasteiger partial charge is 0.255 e. The molecule has 2 saturated heterocycles. The lowest BCUT2D eigenvalue weighted by Crippen LogP contribution is -2.52. The molecule has 3 heterocycles. The number of carbonyl (C=O) groups excluding carboxylic acids is 3. The average Bonchev–Trinajstić information content (AvgIpc) is 2.85. The van der Waals surface area contributed by atoms with Gasteiger partial charge >= 0.3 is 0 Å². The highest BCUT2D eigenvalue weighted by Gasteiger charge is 2.39. The predicted molar refractivity (Wildman–Crippen MR) is 106 cm³/mol. The number of rotatable bonds is 5. The first-order chi connectivity index (χ1) is 14.0. The number of piperidine rings is 1. The number of imide groups is 1. The summed E-state index contributed by atoms with van der Waals surface area (Å²) in [5.41, 5.74) is 2.73. The van der Waals surface area contributed by atoms with Gasteiger partial charge < -0.3 is 20.3 Å². The number of amides is 3. The fourth-order valence-corrected chi connectivity index (χ4v) is 4.26. The number of fused-ring (bicyclic) bond motifs is 1. The molecule has 2 unspecified atom stereocenters. The molecule has 3 aliphatic rings. The second kappa shape index (κ2) is 8.22. The Kier molecular flexibility index (Phi) is 5.67. The van der Waals surface area contributed by atoms with Crippen LogP contribution in [0.3, 0.4) is 0 Å². The lowest BCUT2D eigenvalue weighted by molar-refractivity contribution is -0.136. The molecule has 0 spiro atoms. The lowest BCUT2D eigenvalue weighted by atomic mass is 9.91. The van der Waals surface area contributed by atoms with Crippen LogP contribution < -0.4 is 16.0 Å². The van der Waals surface area contributed by atoms with Crippen LogP contribution >= 0.6 is 0 Å². The van der Waals surface area contributed by atoms with Crippen LogP contribution in [0.5, 0.6) is 0 Å². The summed E-state index contributed by atoms with van der Waals surface area (Å²) in [7, 11) is 0. The van der Waals surface area contributed by atoms with Gasteiger partial charge in [-0.1, -0.05) is 19.1 Å². The Balaban J connectivity index is 1.37. The van der Waals surface area contributed by atoms with Gasteiger partial charge in [-0.15, -0.1) is 0 Å². The molecule has 2 atom stereocenters. The fourth-order valence-electron chi connectivity index (χ4n) is 4.26. The Labute approximate surface area is 170 Å². The van der Waals surface area contributed by atoms with E-state index in [-0.39, 0.29) is 29.6 Å². The highest BCUT2D eigenvalue weighted by molar-refractivity contribution is 6.05. The third-order valence-corrected chi connectivity index (χ3v) is 5.89. The van der Waals surface area contributed by atoms with Gasteiger partial charge in [0, 0.05) is 50.1 Å². The van der Waals surface area contributed by atoms with Crippen LogP contribution in [0, 0.1) is 5.41 Å². The quantitative estimate of drug-likeness (QED) is 0.609. The van der Waals surface area contributed by atoms with E-state index in [0.717, 1.165) is 44.0 Å². The van der Waals surface area contributed by atoms with Gasteiger partial charge in [-0.05, 0) is 23.6 Å². The first-order valence-electron chi connectivity index (χ1n) is 10.2. The van der Waals surface area contributed by atoms with Crippen LogP contribution in [0.15, 0.2) is 18.2 Å². The molecule has 3 aliphatic heterocycles. The van der Waals surface area contributed by atoms with Gasteiger partial charge in [0.05, 0.1) is 13.2 Å². The van der Waals surface area contributed by atoms with Crippen LogP contribution in [0.1, 0.15) is 41.3 Å². The van der Waals surface area contributed by atoms with Crippen molar-refractivity contribution >= 4 is 17.7 Å². The van der Waals surface area contributed by atoms with Gasteiger partial charge in [0.2, 0.25) is 11.8 Å². The zero-order valence-electron chi connectivity index (χ0n) is 16.8. The van der Waals surface area contributed by atoms with Gasteiger partial charge in [0.25, 0.3) is 5.91 Å². The number of ether oxygens (including phenoxy) is 1. The highest BCUT2D eigenvalue weighted by Crippen LogP contribution is 2.28. The minimum absolute atomic E-state index is 0.0474. The maximum absolute atomic E-state index is 12.8. The van der Waals surface area contributed by atoms with Gasteiger partial charge in [0.1, 0.15) is 6.04 Å². The molecule has 1 aromatic rings. The molecular formula is C21H28N4O4. The van der Waals surface area contributed by atoms with Crippen LogP contribution in [-0.2, 0) is 27.4 Å². The van der Waals surface area contributed by atoms with E-state index >= 15 is 0 Å². The Morgan fingerprint density at radius 1 is 1.31 bits per heavy atom. The number of nitrogens with zero attached hydrogens (tertiary/aromatic N) is 1. The summed E-state index contributed by atoms with van der Waals surface area (Å²) in [6.07, 6.45) is 0.649.